The van der Waals surface area contributed by atoms with Crippen molar-refractivity contribution in [2.45, 2.75) is 18.7 Å². The Morgan fingerprint density at radius 1 is 1.17 bits per heavy atom. The number of pyridine rings is 1. The Labute approximate surface area is 175 Å². The molecule has 0 fully saturated rings. The van der Waals surface area contributed by atoms with Gasteiger partial charge in [-0.15, -0.1) is 6.58 Å². The number of H-pyrrole nitrogens is 1. The Kier molecular flexibility index (Phi) is 5.80. The molecule has 0 unspecified atom stereocenters. The zero-order chi connectivity index (χ0) is 22.1. The molecule has 0 spiro atoms. The largest absolute Gasteiger partial charge is 0.360 e. The predicted molar refractivity (Wildman–Crippen MR) is 119 cm³/mol. The first kappa shape index (κ1) is 21.3. The molecule has 0 aliphatic carbocycles. The summed E-state index contributed by atoms with van der Waals surface area (Å²) in [6, 6.07) is 9.63. The maximum Gasteiger partial charge on any atom is 0.264 e. The maximum absolute atomic E-state index is 13.2. The second-order valence-electron chi connectivity index (χ2n) is 6.98. The van der Waals surface area contributed by atoms with Crippen LogP contribution in [-0.2, 0) is 10.0 Å². The molecule has 1 aromatic heterocycles. The number of sulfonamides is 1. The third kappa shape index (κ3) is 3.86. The number of carbonyl (C=O) groups excluding carboxylic acids is 1. The molecule has 0 bridgehead atoms. The summed E-state index contributed by atoms with van der Waals surface area (Å²) in [6.07, 6.45) is 2.82. The van der Waals surface area contributed by atoms with Crippen molar-refractivity contribution in [1.82, 2.24) is 10.3 Å². The van der Waals surface area contributed by atoms with Gasteiger partial charge in [0, 0.05) is 30.7 Å². The fraction of sp³-hybridized carbons (Fsp3) is 0.182. The van der Waals surface area contributed by atoms with Crippen molar-refractivity contribution in [2.75, 3.05) is 17.9 Å². The monoisotopic (exact) mass is 425 g/mol. The molecule has 30 heavy (non-hydrogen) atoms. The number of aromatic nitrogens is 1. The lowest BCUT2D eigenvalue weighted by molar-refractivity contribution is 0.0957. The third-order valence-corrected chi connectivity index (χ3v) is 6.80. The summed E-state index contributed by atoms with van der Waals surface area (Å²) in [7, 11) is -2.45. The van der Waals surface area contributed by atoms with Crippen LogP contribution in [-0.4, -0.2) is 32.9 Å². The van der Waals surface area contributed by atoms with Crippen molar-refractivity contribution in [3.8, 4) is 0 Å². The molecule has 3 rings (SSSR count). The summed E-state index contributed by atoms with van der Waals surface area (Å²) in [4.78, 5) is 27.9. The summed E-state index contributed by atoms with van der Waals surface area (Å²) in [5.41, 5.74) is 2.35. The fourth-order valence-corrected chi connectivity index (χ4v) is 4.22. The van der Waals surface area contributed by atoms with E-state index >= 15 is 0 Å². The van der Waals surface area contributed by atoms with Crippen LogP contribution in [0.4, 0.5) is 5.69 Å². The third-order valence-electron chi connectivity index (χ3n) is 5.02. The van der Waals surface area contributed by atoms with Crippen LogP contribution in [0.2, 0.25) is 0 Å². The smallest absolute Gasteiger partial charge is 0.264 e. The lowest BCUT2D eigenvalue weighted by atomic mass is 10.1. The molecule has 2 aromatic carbocycles. The minimum Gasteiger partial charge on any atom is -0.360 e. The van der Waals surface area contributed by atoms with E-state index < -0.39 is 21.4 Å². The van der Waals surface area contributed by atoms with Gasteiger partial charge in [-0.25, -0.2) is 8.42 Å². The van der Waals surface area contributed by atoms with Crippen LogP contribution in [0, 0.1) is 13.8 Å². The van der Waals surface area contributed by atoms with Crippen molar-refractivity contribution in [3.05, 3.63) is 82.2 Å². The molecule has 0 atom stereocenters. The molecule has 8 heteroatoms. The van der Waals surface area contributed by atoms with E-state index in [9.17, 15) is 18.0 Å². The number of amides is 1. The van der Waals surface area contributed by atoms with E-state index in [0.29, 0.717) is 11.2 Å². The van der Waals surface area contributed by atoms with E-state index in [1.165, 1.54) is 41.8 Å². The lowest BCUT2D eigenvalue weighted by Crippen LogP contribution is -2.29. The van der Waals surface area contributed by atoms with E-state index in [4.69, 9.17) is 0 Å². The summed E-state index contributed by atoms with van der Waals surface area (Å²) in [6.45, 7) is 7.59. The molecular weight excluding hydrogens is 402 g/mol. The summed E-state index contributed by atoms with van der Waals surface area (Å²) in [5.74, 6) is -0.557. The van der Waals surface area contributed by atoms with Crippen LogP contribution in [0.3, 0.4) is 0 Å². The molecule has 3 aromatic rings. The van der Waals surface area contributed by atoms with Gasteiger partial charge in [0.25, 0.3) is 15.9 Å². The molecule has 0 saturated heterocycles. The van der Waals surface area contributed by atoms with E-state index in [1.807, 2.05) is 19.9 Å². The van der Waals surface area contributed by atoms with Crippen molar-refractivity contribution < 1.29 is 13.2 Å². The Hall–Kier alpha value is -3.39. The summed E-state index contributed by atoms with van der Waals surface area (Å²) >= 11 is 0. The number of aryl methyl sites for hydroxylation is 2. The molecule has 2 N–H and O–H groups in total. The SMILES string of the molecule is C=CCNC(=O)c1c[nH]c2ccc(S(=O)(=O)N(C)c3ccc(C)c(C)c3)cc2c1=O. The Morgan fingerprint density at radius 2 is 1.90 bits per heavy atom. The van der Waals surface area contributed by atoms with E-state index in [2.05, 4.69) is 16.9 Å². The number of fused-ring (bicyclic) bond motifs is 1. The Bertz CT molecular complexity index is 1310. The van der Waals surface area contributed by atoms with Crippen molar-refractivity contribution in [3.63, 3.8) is 0 Å². The molecule has 0 saturated carbocycles. The molecule has 7 nitrogen and oxygen atoms in total. The Morgan fingerprint density at radius 3 is 2.57 bits per heavy atom. The van der Waals surface area contributed by atoms with Crippen LogP contribution >= 0.6 is 0 Å². The molecule has 0 radical (unpaired) electrons. The highest BCUT2D eigenvalue weighted by Crippen LogP contribution is 2.25. The van der Waals surface area contributed by atoms with Gasteiger partial charge >= 0.3 is 0 Å². The zero-order valence-electron chi connectivity index (χ0n) is 17.0. The number of anilines is 1. The number of rotatable bonds is 6. The van der Waals surface area contributed by atoms with E-state index in [-0.39, 0.29) is 22.4 Å². The molecule has 1 amide bonds. The number of benzene rings is 2. The minimum absolute atomic E-state index is 0.0372. The number of carbonyl (C=O) groups is 1. The van der Waals surface area contributed by atoms with Gasteiger partial charge in [0.1, 0.15) is 5.56 Å². The first-order chi connectivity index (χ1) is 14.2. The molecule has 0 aliphatic heterocycles. The number of aromatic amines is 1. The number of hydrogen-bond donors (Lipinski definition) is 2. The van der Waals surface area contributed by atoms with Gasteiger partial charge in [-0.3, -0.25) is 13.9 Å². The zero-order valence-corrected chi connectivity index (χ0v) is 17.8. The van der Waals surface area contributed by atoms with Crippen LogP contribution in [0.5, 0.6) is 0 Å². The normalized spacial score (nSPS) is 11.3. The quantitative estimate of drug-likeness (QED) is 0.593. The Balaban J connectivity index is 2.07. The first-order valence-electron chi connectivity index (χ1n) is 9.27. The highest BCUT2D eigenvalue weighted by Gasteiger charge is 2.23. The van der Waals surface area contributed by atoms with Crippen molar-refractivity contribution in [1.29, 1.82) is 0 Å². The average Bonchev–Trinajstić information content (AvgIpc) is 2.73. The first-order valence-corrected chi connectivity index (χ1v) is 10.7. The molecular formula is C22H23N3O4S. The average molecular weight is 426 g/mol. The van der Waals surface area contributed by atoms with Gasteiger partial charge in [-0.05, 0) is 55.3 Å². The van der Waals surface area contributed by atoms with Gasteiger partial charge in [0.2, 0.25) is 5.43 Å². The minimum atomic E-state index is -3.91. The second-order valence-corrected chi connectivity index (χ2v) is 8.95. The molecule has 1 heterocycles. The second kappa shape index (κ2) is 8.16. The highest BCUT2D eigenvalue weighted by atomic mass is 32.2. The topological polar surface area (TPSA) is 99.3 Å². The van der Waals surface area contributed by atoms with E-state index in [1.54, 1.807) is 12.1 Å². The summed E-state index contributed by atoms with van der Waals surface area (Å²) in [5, 5.41) is 2.67. The van der Waals surface area contributed by atoms with Crippen LogP contribution in [0.1, 0.15) is 21.5 Å². The van der Waals surface area contributed by atoms with Gasteiger partial charge in [0.15, 0.2) is 0 Å². The number of hydrogen-bond acceptors (Lipinski definition) is 4. The predicted octanol–water partition coefficient (Wildman–Crippen LogP) is 2.89. The van der Waals surface area contributed by atoms with E-state index in [0.717, 1.165) is 11.1 Å². The van der Waals surface area contributed by atoms with Gasteiger partial charge in [-0.2, -0.15) is 0 Å². The fourth-order valence-electron chi connectivity index (χ4n) is 3.01. The summed E-state index contributed by atoms with van der Waals surface area (Å²) < 4.78 is 27.5. The van der Waals surface area contributed by atoms with Crippen molar-refractivity contribution in [2.24, 2.45) is 0 Å². The lowest BCUT2D eigenvalue weighted by Gasteiger charge is -2.20. The van der Waals surface area contributed by atoms with Crippen LogP contribution in [0.15, 0.2) is 64.9 Å². The van der Waals surface area contributed by atoms with Gasteiger partial charge in [-0.1, -0.05) is 12.1 Å². The highest BCUT2D eigenvalue weighted by molar-refractivity contribution is 7.92. The standard InChI is InChI=1S/C22H23N3O4S/c1-5-10-23-22(27)19-13-24-20-9-8-17(12-18(20)21(19)26)30(28,29)25(4)16-7-6-14(2)15(3)11-16/h5-9,11-13H,1,10H2,2-4H3,(H,23,27)(H,24,26). The van der Waals surface area contributed by atoms with Gasteiger partial charge < -0.3 is 10.3 Å². The molecule has 156 valence electrons. The van der Waals surface area contributed by atoms with Crippen LogP contribution in [0.25, 0.3) is 10.9 Å². The molecule has 0 aliphatic rings. The number of nitrogens with zero attached hydrogens (tertiary/aromatic N) is 1. The maximum atomic E-state index is 13.2. The van der Waals surface area contributed by atoms with Crippen molar-refractivity contribution >= 4 is 32.5 Å². The number of nitrogens with one attached hydrogen (secondary N) is 2. The van der Waals surface area contributed by atoms with Crippen LogP contribution < -0.4 is 15.1 Å². The van der Waals surface area contributed by atoms with Gasteiger partial charge in [0.05, 0.1) is 10.6 Å².